The van der Waals surface area contributed by atoms with E-state index in [1.165, 1.54) is 10.5 Å². The summed E-state index contributed by atoms with van der Waals surface area (Å²) in [5.41, 5.74) is 6.66. The number of rotatable bonds is 7. The lowest BCUT2D eigenvalue weighted by Gasteiger charge is -2.31. The first kappa shape index (κ1) is 21.4. The van der Waals surface area contributed by atoms with Gasteiger partial charge in [-0.05, 0) is 37.1 Å². The van der Waals surface area contributed by atoms with E-state index < -0.39 is 25.1 Å². The molecule has 1 aliphatic heterocycles. The smallest absolute Gasteiger partial charge is 0.238 e. The fraction of sp³-hybridized carbons (Fsp3) is 0.368. The zero-order valence-electron chi connectivity index (χ0n) is 15.8. The van der Waals surface area contributed by atoms with Crippen molar-refractivity contribution >= 4 is 31.3 Å². The number of hydrogen-bond acceptors (Lipinski definition) is 7. The molecule has 1 aromatic heterocycles. The summed E-state index contributed by atoms with van der Waals surface area (Å²) in [6.07, 6.45) is 1.53. The third kappa shape index (κ3) is 5.01. The van der Waals surface area contributed by atoms with Gasteiger partial charge in [-0.2, -0.15) is 0 Å². The summed E-state index contributed by atoms with van der Waals surface area (Å²) in [4.78, 5) is 15.9. The number of benzene rings is 1. The zero-order valence-corrected chi connectivity index (χ0v) is 17.4. The van der Waals surface area contributed by atoms with Gasteiger partial charge in [-0.15, -0.1) is 0 Å². The molecule has 0 spiro atoms. The summed E-state index contributed by atoms with van der Waals surface area (Å²) in [6.45, 7) is -0.150. The van der Waals surface area contributed by atoms with Crippen molar-refractivity contribution in [1.29, 1.82) is 0 Å². The largest absolute Gasteiger partial charge is 0.324 e. The van der Waals surface area contributed by atoms with Gasteiger partial charge in [0.05, 0.1) is 41.2 Å². The van der Waals surface area contributed by atoms with E-state index in [0.29, 0.717) is 16.9 Å². The summed E-state index contributed by atoms with van der Waals surface area (Å²) in [7, 11) is -6.99. The number of anilines is 1. The van der Waals surface area contributed by atoms with E-state index in [1.807, 2.05) is 0 Å². The maximum Gasteiger partial charge on any atom is 0.238 e. The zero-order chi connectivity index (χ0) is 21.1. The van der Waals surface area contributed by atoms with Crippen molar-refractivity contribution in [3.8, 4) is 0 Å². The van der Waals surface area contributed by atoms with Gasteiger partial charge in [-0.3, -0.25) is 14.1 Å². The highest BCUT2D eigenvalue weighted by atomic mass is 32.2. The lowest BCUT2D eigenvalue weighted by Crippen LogP contribution is -2.42. The van der Waals surface area contributed by atoms with Crippen LogP contribution in [0.5, 0.6) is 0 Å². The first-order valence-corrected chi connectivity index (χ1v) is 12.5. The molecule has 10 heteroatoms. The topological polar surface area (TPSA) is 127 Å². The number of ketones is 1. The minimum absolute atomic E-state index is 0.0211. The number of nitrogens with two attached hydrogens (primary N) is 1. The lowest BCUT2D eigenvalue weighted by molar-refractivity contribution is 0.100. The first-order chi connectivity index (χ1) is 13.7. The molecular weight excluding hydrogens is 414 g/mol. The summed E-state index contributed by atoms with van der Waals surface area (Å²) < 4.78 is 51.4. The number of Topliss-reactive ketones (excluding diaryl/α,β-unsaturated/α-hetero) is 1. The van der Waals surface area contributed by atoms with Crippen LogP contribution in [0.25, 0.3) is 0 Å². The number of pyridine rings is 1. The second-order valence-electron chi connectivity index (χ2n) is 6.90. The molecule has 2 heterocycles. The highest BCUT2D eigenvalue weighted by Crippen LogP contribution is 2.28. The van der Waals surface area contributed by atoms with Crippen molar-refractivity contribution in [2.75, 3.05) is 22.4 Å². The summed E-state index contributed by atoms with van der Waals surface area (Å²) >= 11 is 0. The molecule has 0 bridgehead atoms. The summed E-state index contributed by atoms with van der Waals surface area (Å²) in [5, 5.41) is -0.774. The predicted octanol–water partition coefficient (Wildman–Crippen LogP) is 1.14. The average molecular weight is 438 g/mol. The molecule has 0 aliphatic carbocycles. The normalized spacial score (nSPS) is 17.0. The van der Waals surface area contributed by atoms with Crippen LogP contribution in [0.1, 0.15) is 28.9 Å². The molecule has 1 aromatic carbocycles. The molecule has 0 saturated carbocycles. The molecule has 1 fully saturated rings. The van der Waals surface area contributed by atoms with Crippen LogP contribution in [0.3, 0.4) is 0 Å². The van der Waals surface area contributed by atoms with Gasteiger partial charge in [0.15, 0.2) is 5.78 Å². The Hall–Kier alpha value is -2.30. The Bertz CT molecular complexity index is 1050. The van der Waals surface area contributed by atoms with Crippen LogP contribution in [0.15, 0.2) is 48.7 Å². The molecule has 2 aromatic rings. The molecule has 0 radical (unpaired) electrons. The van der Waals surface area contributed by atoms with E-state index in [9.17, 15) is 21.6 Å². The molecule has 2 N–H and O–H groups in total. The van der Waals surface area contributed by atoms with Crippen LogP contribution >= 0.6 is 0 Å². The third-order valence-corrected chi connectivity index (χ3v) is 8.90. The predicted molar refractivity (Wildman–Crippen MR) is 111 cm³/mol. The van der Waals surface area contributed by atoms with Crippen LogP contribution in [0, 0.1) is 0 Å². The maximum atomic E-state index is 13.4. The second kappa shape index (κ2) is 8.60. The number of carbonyl (C=O) groups excluding carboxylic acids is 1. The Morgan fingerprint density at radius 3 is 2.31 bits per heavy atom. The van der Waals surface area contributed by atoms with Gasteiger partial charge in [0.1, 0.15) is 9.84 Å². The highest BCUT2D eigenvalue weighted by Gasteiger charge is 2.37. The fourth-order valence-corrected chi connectivity index (χ4v) is 6.93. The Kier molecular flexibility index (Phi) is 6.35. The SMILES string of the molecule is NCC(=O)c1ccc(CN(c2ccccc2)S(=O)(=O)C2CCS(=O)(=O)CC2)nc1. The highest BCUT2D eigenvalue weighted by molar-refractivity contribution is 7.94. The van der Waals surface area contributed by atoms with Crippen LogP contribution in [-0.2, 0) is 26.4 Å². The van der Waals surface area contributed by atoms with Gasteiger partial charge in [0, 0.05) is 11.8 Å². The molecule has 0 unspecified atom stereocenters. The lowest BCUT2D eigenvalue weighted by atomic mass is 10.2. The van der Waals surface area contributed by atoms with Gasteiger partial charge < -0.3 is 5.73 Å². The van der Waals surface area contributed by atoms with Crippen molar-refractivity contribution in [3.63, 3.8) is 0 Å². The van der Waals surface area contributed by atoms with Crippen molar-refractivity contribution in [3.05, 3.63) is 59.9 Å². The molecule has 1 aliphatic rings. The Labute approximate surface area is 170 Å². The van der Waals surface area contributed by atoms with Gasteiger partial charge in [-0.25, -0.2) is 16.8 Å². The molecule has 1 saturated heterocycles. The Balaban J connectivity index is 1.90. The Morgan fingerprint density at radius 2 is 1.76 bits per heavy atom. The number of sulfone groups is 1. The van der Waals surface area contributed by atoms with E-state index in [1.54, 1.807) is 42.5 Å². The second-order valence-corrected chi connectivity index (χ2v) is 11.3. The van der Waals surface area contributed by atoms with Crippen LogP contribution < -0.4 is 10.0 Å². The molecule has 3 rings (SSSR count). The number of para-hydroxylation sites is 1. The molecule has 0 amide bonds. The fourth-order valence-electron chi connectivity index (χ4n) is 3.22. The quantitative estimate of drug-likeness (QED) is 0.643. The van der Waals surface area contributed by atoms with Gasteiger partial charge in [0.2, 0.25) is 10.0 Å². The van der Waals surface area contributed by atoms with E-state index in [4.69, 9.17) is 5.73 Å². The summed E-state index contributed by atoms with van der Waals surface area (Å²) in [6, 6.07) is 11.8. The monoisotopic (exact) mass is 437 g/mol. The first-order valence-electron chi connectivity index (χ1n) is 9.18. The standard InChI is InChI=1S/C19H23N3O5S2/c20-12-19(23)15-6-7-16(21-13-15)14-22(17-4-2-1-3-5-17)29(26,27)18-8-10-28(24,25)11-9-18/h1-7,13,18H,8-12,14,20H2. The molecular formula is C19H23N3O5S2. The average Bonchev–Trinajstić information content (AvgIpc) is 2.72. The molecule has 0 atom stereocenters. The number of hydrogen-bond donors (Lipinski definition) is 1. The van der Waals surface area contributed by atoms with Crippen LogP contribution in [0.4, 0.5) is 5.69 Å². The van der Waals surface area contributed by atoms with Crippen molar-refractivity contribution in [1.82, 2.24) is 4.98 Å². The molecule has 8 nitrogen and oxygen atoms in total. The third-order valence-electron chi connectivity index (χ3n) is 4.91. The van der Waals surface area contributed by atoms with E-state index >= 15 is 0 Å². The van der Waals surface area contributed by atoms with E-state index in [0.717, 1.165) is 0 Å². The number of nitrogens with zero attached hydrogens (tertiary/aromatic N) is 2. The number of aromatic nitrogens is 1. The van der Waals surface area contributed by atoms with Crippen molar-refractivity contribution < 1.29 is 21.6 Å². The summed E-state index contributed by atoms with van der Waals surface area (Å²) in [5.74, 6) is -0.513. The van der Waals surface area contributed by atoms with Crippen LogP contribution in [0.2, 0.25) is 0 Å². The van der Waals surface area contributed by atoms with E-state index in [-0.39, 0.29) is 43.2 Å². The van der Waals surface area contributed by atoms with Crippen molar-refractivity contribution in [2.24, 2.45) is 5.73 Å². The van der Waals surface area contributed by atoms with Crippen molar-refractivity contribution in [2.45, 2.75) is 24.6 Å². The minimum Gasteiger partial charge on any atom is -0.324 e. The number of carbonyl (C=O) groups is 1. The molecule has 29 heavy (non-hydrogen) atoms. The molecule has 156 valence electrons. The van der Waals surface area contributed by atoms with Crippen LogP contribution in [-0.4, -0.2) is 50.9 Å². The van der Waals surface area contributed by atoms with E-state index in [2.05, 4.69) is 4.98 Å². The van der Waals surface area contributed by atoms with Gasteiger partial charge in [-0.1, -0.05) is 18.2 Å². The minimum atomic E-state index is -3.81. The van der Waals surface area contributed by atoms with Gasteiger partial charge in [0.25, 0.3) is 0 Å². The Morgan fingerprint density at radius 1 is 1.10 bits per heavy atom. The maximum absolute atomic E-state index is 13.4. The number of sulfonamides is 1. The van der Waals surface area contributed by atoms with Gasteiger partial charge >= 0.3 is 0 Å².